The molecule has 2 aromatic rings. The van der Waals surface area contributed by atoms with Crippen molar-refractivity contribution in [1.29, 1.82) is 0 Å². The summed E-state index contributed by atoms with van der Waals surface area (Å²) in [5.74, 6) is 0.886. The van der Waals surface area contributed by atoms with Crippen LogP contribution in [0.2, 0.25) is 5.02 Å². The average molecular weight is 444 g/mol. The van der Waals surface area contributed by atoms with Crippen molar-refractivity contribution in [3.05, 3.63) is 70.3 Å². The molecule has 30 heavy (non-hydrogen) atoms. The molecule has 0 atom stereocenters. The summed E-state index contributed by atoms with van der Waals surface area (Å²) in [4.78, 5) is 29.1. The number of hydrogen-bond donors (Lipinski definition) is 1. The molecule has 0 bridgehead atoms. The van der Waals surface area contributed by atoms with E-state index in [1.54, 1.807) is 41.4 Å². The highest BCUT2D eigenvalue weighted by atomic mass is 35.5. The maximum Gasteiger partial charge on any atom is 0.291 e. The number of rotatable bonds is 4. The lowest BCUT2D eigenvalue weighted by Crippen LogP contribution is -2.48. The zero-order valence-corrected chi connectivity index (χ0v) is 17.9. The minimum atomic E-state index is -0.279. The molecule has 2 aromatic carbocycles. The largest absolute Gasteiger partial charge is 0.487 e. The van der Waals surface area contributed by atoms with Crippen LogP contribution in [0, 0.1) is 0 Å². The fourth-order valence-electron chi connectivity index (χ4n) is 3.40. The molecule has 0 unspecified atom stereocenters. The van der Waals surface area contributed by atoms with E-state index in [4.69, 9.17) is 16.3 Å². The zero-order chi connectivity index (χ0) is 20.9. The Morgan fingerprint density at radius 3 is 2.47 bits per heavy atom. The van der Waals surface area contributed by atoms with E-state index < -0.39 is 0 Å². The van der Waals surface area contributed by atoms with Gasteiger partial charge in [0.15, 0.2) is 5.76 Å². The molecule has 4 rings (SSSR count). The van der Waals surface area contributed by atoms with Gasteiger partial charge in [-0.1, -0.05) is 17.7 Å². The van der Waals surface area contributed by atoms with E-state index in [9.17, 15) is 9.59 Å². The number of hydrogen-bond acceptors (Lipinski definition) is 5. The van der Waals surface area contributed by atoms with Gasteiger partial charge in [-0.2, -0.15) is 0 Å². The van der Waals surface area contributed by atoms with Crippen LogP contribution in [0.1, 0.15) is 10.4 Å². The molecule has 0 aliphatic carbocycles. The highest BCUT2D eigenvalue weighted by Crippen LogP contribution is 2.22. The molecule has 1 fully saturated rings. The van der Waals surface area contributed by atoms with Crippen LogP contribution in [-0.2, 0) is 9.53 Å². The number of nitrogens with zero attached hydrogens (tertiary/aromatic N) is 2. The summed E-state index contributed by atoms with van der Waals surface area (Å²) in [5.41, 5.74) is 2.31. The molecule has 0 radical (unpaired) electrons. The molecular weight excluding hydrogens is 422 g/mol. The number of carbonyl (C=O) groups is 2. The predicted octanol–water partition coefficient (Wildman–Crippen LogP) is 3.85. The van der Waals surface area contributed by atoms with Gasteiger partial charge < -0.3 is 19.9 Å². The normalized spacial score (nSPS) is 16.5. The average Bonchev–Trinajstić information content (AvgIpc) is 2.80. The van der Waals surface area contributed by atoms with Crippen LogP contribution in [0.4, 0.5) is 11.4 Å². The van der Waals surface area contributed by atoms with E-state index in [1.165, 1.54) is 0 Å². The van der Waals surface area contributed by atoms with E-state index in [-0.39, 0.29) is 11.8 Å². The number of thioether (sulfide) groups is 1. The molecule has 2 amide bonds. The second-order valence-corrected chi connectivity index (χ2v) is 8.41. The van der Waals surface area contributed by atoms with Crippen molar-refractivity contribution < 1.29 is 14.3 Å². The van der Waals surface area contributed by atoms with Crippen molar-refractivity contribution >= 4 is 46.6 Å². The van der Waals surface area contributed by atoms with Crippen LogP contribution in [0.5, 0.6) is 0 Å². The highest BCUT2D eigenvalue weighted by molar-refractivity contribution is 8.02. The molecule has 2 heterocycles. The number of amides is 2. The van der Waals surface area contributed by atoms with Crippen LogP contribution in [0.3, 0.4) is 0 Å². The lowest BCUT2D eigenvalue weighted by atomic mass is 10.1. The van der Waals surface area contributed by atoms with Crippen LogP contribution >= 0.6 is 23.4 Å². The molecule has 0 aromatic heterocycles. The summed E-state index contributed by atoms with van der Waals surface area (Å²) in [5, 5.41) is 5.23. The van der Waals surface area contributed by atoms with Crippen LogP contribution in [-0.4, -0.2) is 55.3 Å². The molecule has 1 N–H and O–H groups in total. The number of anilines is 2. The Morgan fingerprint density at radius 1 is 1.03 bits per heavy atom. The predicted molar refractivity (Wildman–Crippen MR) is 121 cm³/mol. The monoisotopic (exact) mass is 443 g/mol. The lowest BCUT2D eigenvalue weighted by Gasteiger charge is -2.36. The highest BCUT2D eigenvalue weighted by Gasteiger charge is 2.22. The summed E-state index contributed by atoms with van der Waals surface area (Å²) >= 11 is 7.64. The second kappa shape index (κ2) is 9.45. The van der Waals surface area contributed by atoms with E-state index in [1.807, 2.05) is 29.2 Å². The standard InChI is InChI=1S/C22H22ClN3O3S/c23-17-2-1-3-19(14-17)25-8-10-26(11-9-25)22(28)16-4-6-18(7-5-16)24-21(27)20-15-30-13-12-29-20/h1-7,14-15H,8-13H2,(H,24,27). The molecule has 6 nitrogen and oxygen atoms in total. The summed E-state index contributed by atoms with van der Waals surface area (Å²) in [6.07, 6.45) is 0. The number of ether oxygens (including phenoxy) is 1. The quantitative estimate of drug-likeness (QED) is 0.777. The fourth-order valence-corrected chi connectivity index (χ4v) is 4.21. The Bertz CT molecular complexity index is 956. The lowest BCUT2D eigenvalue weighted by molar-refractivity contribution is -0.116. The molecular formula is C22H22ClN3O3S. The first kappa shape index (κ1) is 20.6. The summed E-state index contributed by atoms with van der Waals surface area (Å²) in [6.45, 7) is 3.34. The molecule has 2 aliphatic heterocycles. The Morgan fingerprint density at radius 2 is 1.80 bits per heavy atom. The Labute approximate surface area is 184 Å². The Balaban J connectivity index is 1.33. The van der Waals surface area contributed by atoms with Crippen molar-refractivity contribution in [3.63, 3.8) is 0 Å². The van der Waals surface area contributed by atoms with Gasteiger partial charge in [0.2, 0.25) is 0 Å². The van der Waals surface area contributed by atoms with Crippen molar-refractivity contribution in [2.75, 3.05) is 48.8 Å². The first-order valence-electron chi connectivity index (χ1n) is 9.76. The van der Waals surface area contributed by atoms with Gasteiger partial charge in [-0.05, 0) is 42.5 Å². The fraction of sp³-hybridized carbons (Fsp3) is 0.273. The topological polar surface area (TPSA) is 61.9 Å². The van der Waals surface area contributed by atoms with Crippen molar-refractivity contribution in [2.45, 2.75) is 0 Å². The smallest absolute Gasteiger partial charge is 0.291 e. The van der Waals surface area contributed by atoms with Gasteiger partial charge in [-0.3, -0.25) is 9.59 Å². The third kappa shape index (κ3) is 4.91. The van der Waals surface area contributed by atoms with Gasteiger partial charge in [-0.15, -0.1) is 11.8 Å². The van der Waals surface area contributed by atoms with Crippen molar-refractivity contribution in [2.24, 2.45) is 0 Å². The first-order valence-corrected chi connectivity index (χ1v) is 11.2. The second-order valence-electron chi connectivity index (χ2n) is 6.99. The van der Waals surface area contributed by atoms with E-state index in [0.717, 1.165) is 24.5 Å². The van der Waals surface area contributed by atoms with E-state index >= 15 is 0 Å². The summed E-state index contributed by atoms with van der Waals surface area (Å²) in [6, 6.07) is 14.7. The third-order valence-electron chi connectivity index (χ3n) is 5.00. The Kier molecular flexibility index (Phi) is 6.50. The maximum atomic E-state index is 12.8. The zero-order valence-electron chi connectivity index (χ0n) is 16.3. The SMILES string of the molecule is O=C(Nc1ccc(C(=O)N2CCN(c3cccc(Cl)c3)CC2)cc1)C1=CSCCO1. The minimum Gasteiger partial charge on any atom is -0.487 e. The molecule has 156 valence electrons. The van der Waals surface area contributed by atoms with Crippen LogP contribution in [0.15, 0.2) is 59.7 Å². The maximum absolute atomic E-state index is 12.8. The summed E-state index contributed by atoms with van der Waals surface area (Å²) < 4.78 is 5.36. The van der Waals surface area contributed by atoms with Crippen LogP contribution in [0.25, 0.3) is 0 Å². The van der Waals surface area contributed by atoms with Gasteiger partial charge in [-0.25, -0.2) is 0 Å². The Hall–Kier alpha value is -2.64. The van der Waals surface area contributed by atoms with Gasteiger partial charge in [0.05, 0.1) is 6.61 Å². The first-order chi connectivity index (χ1) is 14.6. The number of halogens is 1. The minimum absolute atomic E-state index is 0.00616. The molecule has 2 aliphatic rings. The summed E-state index contributed by atoms with van der Waals surface area (Å²) in [7, 11) is 0. The van der Waals surface area contributed by atoms with Crippen LogP contribution < -0.4 is 10.2 Å². The number of piperazine rings is 1. The van der Waals surface area contributed by atoms with Gasteiger partial charge >= 0.3 is 0 Å². The van der Waals surface area contributed by atoms with Crippen molar-refractivity contribution in [1.82, 2.24) is 4.90 Å². The molecule has 0 saturated carbocycles. The van der Waals surface area contributed by atoms with Gasteiger partial charge in [0, 0.05) is 59.3 Å². The van der Waals surface area contributed by atoms with Gasteiger partial charge in [0.1, 0.15) is 0 Å². The van der Waals surface area contributed by atoms with E-state index in [0.29, 0.717) is 41.7 Å². The number of benzene rings is 2. The molecule has 1 saturated heterocycles. The third-order valence-corrected chi connectivity index (χ3v) is 6.02. The molecule has 0 spiro atoms. The molecule has 8 heteroatoms. The number of carbonyl (C=O) groups excluding carboxylic acids is 2. The van der Waals surface area contributed by atoms with Gasteiger partial charge in [0.25, 0.3) is 11.8 Å². The van der Waals surface area contributed by atoms with Crippen molar-refractivity contribution in [3.8, 4) is 0 Å². The number of nitrogens with one attached hydrogen (secondary N) is 1. The van der Waals surface area contributed by atoms with E-state index in [2.05, 4.69) is 10.2 Å².